The second-order valence-electron chi connectivity index (χ2n) is 4.19. The minimum atomic E-state index is 0.137. The number of alkyl halides is 1. The van der Waals surface area contributed by atoms with Crippen LogP contribution in [0.2, 0.25) is 0 Å². The quantitative estimate of drug-likeness (QED) is 0.750. The molecule has 2 rings (SSSR count). The van der Waals surface area contributed by atoms with Crippen molar-refractivity contribution < 1.29 is 4.74 Å². The molecule has 0 radical (unpaired) electrons. The van der Waals surface area contributed by atoms with Gasteiger partial charge in [-0.25, -0.2) is 4.98 Å². The number of nitrogens with zero attached hydrogens (tertiary/aromatic N) is 2. The molecular weight excluding hydrogens is 248 g/mol. The summed E-state index contributed by atoms with van der Waals surface area (Å²) < 4.78 is 7.77. The third kappa shape index (κ3) is 3.34. The van der Waals surface area contributed by atoms with Gasteiger partial charge in [0.1, 0.15) is 5.82 Å². The van der Waals surface area contributed by atoms with Crippen molar-refractivity contribution in [1.82, 2.24) is 9.55 Å². The zero-order valence-electron chi connectivity index (χ0n) is 10.4. The van der Waals surface area contributed by atoms with Gasteiger partial charge in [-0.1, -0.05) is 30.3 Å². The molecule has 96 valence electrons. The Balaban J connectivity index is 1.87. The van der Waals surface area contributed by atoms with Crippen molar-refractivity contribution in [3.8, 4) is 0 Å². The highest BCUT2D eigenvalue weighted by Crippen LogP contribution is 2.13. The molecule has 2 aromatic rings. The lowest BCUT2D eigenvalue weighted by Crippen LogP contribution is -2.17. The van der Waals surface area contributed by atoms with Crippen LogP contribution in [0.3, 0.4) is 0 Å². The van der Waals surface area contributed by atoms with Crippen LogP contribution in [0.4, 0.5) is 0 Å². The molecule has 1 aromatic heterocycles. The SMILES string of the molecule is Cc1nccn1C(CCl)COCc1ccccc1. The first kappa shape index (κ1) is 13.1. The number of aryl methyl sites for hydroxylation is 1. The van der Waals surface area contributed by atoms with E-state index < -0.39 is 0 Å². The van der Waals surface area contributed by atoms with Crippen LogP contribution in [0, 0.1) is 6.92 Å². The van der Waals surface area contributed by atoms with Gasteiger partial charge in [-0.05, 0) is 12.5 Å². The maximum absolute atomic E-state index is 5.98. The minimum Gasteiger partial charge on any atom is -0.375 e. The van der Waals surface area contributed by atoms with Crippen molar-refractivity contribution in [2.24, 2.45) is 0 Å². The Bertz CT molecular complexity index is 470. The molecule has 18 heavy (non-hydrogen) atoms. The summed E-state index contributed by atoms with van der Waals surface area (Å²) in [5.41, 5.74) is 1.17. The van der Waals surface area contributed by atoms with Gasteiger partial charge < -0.3 is 9.30 Å². The molecule has 0 aliphatic carbocycles. The maximum Gasteiger partial charge on any atom is 0.105 e. The summed E-state index contributed by atoms with van der Waals surface area (Å²) in [6.45, 7) is 3.17. The highest BCUT2D eigenvalue weighted by atomic mass is 35.5. The third-order valence-electron chi connectivity index (χ3n) is 2.86. The van der Waals surface area contributed by atoms with E-state index in [0.29, 0.717) is 19.1 Å². The van der Waals surface area contributed by atoms with Crippen molar-refractivity contribution >= 4 is 11.6 Å². The van der Waals surface area contributed by atoms with E-state index in [1.54, 1.807) is 6.20 Å². The van der Waals surface area contributed by atoms with E-state index in [-0.39, 0.29) is 6.04 Å². The van der Waals surface area contributed by atoms with Crippen molar-refractivity contribution in [2.75, 3.05) is 12.5 Å². The van der Waals surface area contributed by atoms with E-state index in [2.05, 4.69) is 21.7 Å². The Morgan fingerprint density at radius 2 is 2.11 bits per heavy atom. The summed E-state index contributed by atoms with van der Waals surface area (Å²) in [5, 5.41) is 0. The summed E-state index contributed by atoms with van der Waals surface area (Å²) in [5.74, 6) is 1.48. The predicted octanol–water partition coefficient (Wildman–Crippen LogP) is 3.19. The molecule has 0 saturated heterocycles. The summed E-state index contributed by atoms with van der Waals surface area (Å²) in [4.78, 5) is 4.20. The largest absolute Gasteiger partial charge is 0.375 e. The average molecular weight is 265 g/mol. The monoisotopic (exact) mass is 264 g/mol. The Labute approximate surface area is 112 Å². The molecule has 0 N–H and O–H groups in total. The highest BCUT2D eigenvalue weighted by molar-refractivity contribution is 6.18. The number of rotatable bonds is 6. The minimum absolute atomic E-state index is 0.137. The molecule has 1 heterocycles. The van der Waals surface area contributed by atoms with Gasteiger partial charge in [-0.3, -0.25) is 0 Å². The first-order valence-electron chi connectivity index (χ1n) is 5.98. The van der Waals surface area contributed by atoms with Crippen molar-refractivity contribution in [3.05, 3.63) is 54.1 Å². The van der Waals surface area contributed by atoms with Gasteiger partial charge in [-0.15, -0.1) is 11.6 Å². The number of halogens is 1. The molecule has 0 aliphatic heterocycles. The molecule has 1 aromatic carbocycles. The first-order chi connectivity index (χ1) is 8.81. The molecule has 3 nitrogen and oxygen atoms in total. The predicted molar refractivity (Wildman–Crippen MR) is 72.8 cm³/mol. The summed E-state index contributed by atoms with van der Waals surface area (Å²) in [6.07, 6.45) is 3.72. The van der Waals surface area contributed by atoms with Gasteiger partial charge in [0.2, 0.25) is 0 Å². The molecule has 0 fully saturated rings. The fourth-order valence-corrected chi connectivity index (χ4v) is 2.10. The fraction of sp³-hybridized carbons (Fsp3) is 0.357. The zero-order valence-corrected chi connectivity index (χ0v) is 11.2. The topological polar surface area (TPSA) is 27.1 Å². The standard InChI is InChI=1S/C14H17ClN2O/c1-12-16-7-8-17(12)14(9-15)11-18-10-13-5-3-2-4-6-13/h2-8,14H,9-11H2,1H3. The average Bonchev–Trinajstić information content (AvgIpc) is 2.82. The normalized spacial score (nSPS) is 12.6. The van der Waals surface area contributed by atoms with E-state index in [1.807, 2.05) is 31.3 Å². The lowest BCUT2D eigenvalue weighted by molar-refractivity contribution is 0.0951. The Kier molecular flexibility index (Phi) is 4.79. The van der Waals surface area contributed by atoms with Crippen LogP contribution < -0.4 is 0 Å². The number of hydrogen-bond donors (Lipinski definition) is 0. The van der Waals surface area contributed by atoms with Crippen LogP contribution in [-0.2, 0) is 11.3 Å². The Morgan fingerprint density at radius 3 is 2.72 bits per heavy atom. The lowest BCUT2D eigenvalue weighted by atomic mass is 10.2. The van der Waals surface area contributed by atoms with E-state index in [1.165, 1.54) is 5.56 Å². The maximum atomic E-state index is 5.98. The van der Waals surface area contributed by atoms with Crippen LogP contribution in [0.25, 0.3) is 0 Å². The molecule has 0 bridgehead atoms. The van der Waals surface area contributed by atoms with E-state index >= 15 is 0 Å². The van der Waals surface area contributed by atoms with Crippen molar-refractivity contribution in [1.29, 1.82) is 0 Å². The molecular formula is C14H17ClN2O. The molecule has 1 atom stereocenters. The van der Waals surface area contributed by atoms with Crippen LogP contribution in [0.5, 0.6) is 0 Å². The summed E-state index contributed by atoms with van der Waals surface area (Å²) >= 11 is 5.98. The van der Waals surface area contributed by atoms with Gasteiger partial charge in [0.25, 0.3) is 0 Å². The summed E-state index contributed by atoms with van der Waals surface area (Å²) in [7, 11) is 0. The second kappa shape index (κ2) is 6.57. The van der Waals surface area contributed by atoms with Gasteiger partial charge >= 0.3 is 0 Å². The fourth-order valence-electron chi connectivity index (χ4n) is 1.86. The first-order valence-corrected chi connectivity index (χ1v) is 6.52. The number of benzene rings is 1. The van der Waals surface area contributed by atoms with Crippen LogP contribution in [0.1, 0.15) is 17.4 Å². The number of ether oxygens (including phenoxy) is 1. The van der Waals surface area contributed by atoms with Crippen LogP contribution in [-0.4, -0.2) is 22.0 Å². The van der Waals surface area contributed by atoms with Crippen LogP contribution >= 0.6 is 11.6 Å². The van der Waals surface area contributed by atoms with E-state index in [9.17, 15) is 0 Å². The van der Waals surface area contributed by atoms with Gasteiger partial charge in [0.15, 0.2) is 0 Å². The highest BCUT2D eigenvalue weighted by Gasteiger charge is 2.11. The molecule has 0 saturated carbocycles. The lowest BCUT2D eigenvalue weighted by Gasteiger charge is -2.17. The number of aromatic nitrogens is 2. The summed E-state index contributed by atoms with van der Waals surface area (Å²) in [6, 6.07) is 10.3. The molecule has 0 aliphatic rings. The van der Waals surface area contributed by atoms with Gasteiger partial charge in [0.05, 0.1) is 19.3 Å². The third-order valence-corrected chi connectivity index (χ3v) is 3.21. The smallest absolute Gasteiger partial charge is 0.105 e. The van der Waals surface area contributed by atoms with Gasteiger partial charge in [-0.2, -0.15) is 0 Å². The number of hydrogen-bond acceptors (Lipinski definition) is 2. The van der Waals surface area contributed by atoms with Crippen LogP contribution in [0.15, 0.2) is 42.7 Å². The molecule has 4 heteroatoms. The zero-order chi connectivity index (χ0) is 12.8. The van der Waals surface area contributed by atoms with Crippen molar-refractivity contribution in [2.45, 2.75) is 19.6 Å². The van der Waals surface area contributed by atoms with E-state index in [0.717, 1.165) is 5.82 Å². The van der Waals surface area contributed by atoms with E-state index in [4.69, 9.17) is 16.3 Å². The van der Waals surface area contributed by atoms with Gasteiger partial charge in [0, 0.05) is 18.3 Å². The molecule has 0 spiro atoms. The second-order valence-corrected chi connectivity index (χ2v) is 4.50. The van der Waals surface area contributed by atoms with Crippen molar-refractivity contribution in [3.63, 3.8) is 0 Å². The molecule has 0 amide bonds. The Hall–Kier alpha value is -1.32. The number of imidazole rings is 1. The molecule has 1 unspecified atom stereocenters. The Morgan fingerprint density at radius 1 is 1.33 bits per heavy atom.